The number of aromatic hydroxyl groups is 1. The van der Waals surface area contributed by atoms with Crippen LogP contribution in [0, 0.1) is 0 Å². The largest absolute Gasteiger partial charge is 0.504 e. The molecule has 0 unspecified atom stereocenters. The van der Waals surface area contributed by atoms with Gasteiger partial charge in [0.25, 0.3) is 0 Å². The van der Waals surface area contributed by atoms with Crippen molar-refractivity contribution in [3.8, 4) is 11.5 Å². The zero-order chi connectivity index (χ0) is 12.3. The molecule has 0 radical (unpaired) electrons. The van der Waals surface area contributed by atoms with Crippen LogP contribution in [-0.4, -0.2) is 33.3 Å². The summed E-state index contributed by atoms with van der Waals surface area (Å²) >= 11 is 3.32. The van der Waals surface area contributed by atoms with E-state index in [1.165, 1.54) is 30.7 Å². The molecule has 1 aromatic carbocycles. The molecule has 0 fully saturated rings. The van der Waals surface area contributed by atoms with Crippen molar-refractivity contribution in [2.75, 3.05) is 7.11 Å². The van der Waals surface area contributed by atoms with Crippen molar-refractivity contribution < 1.29 is 9.84 Å². The number of hydrogen-bond acceptors (Lipinski definition) is 5. The molecule has 7 heteroatoms. The number of hydrogen-bond donors (Lipinski definition) is 1. The number of benzene rings is 1. The van der Waals surface area contributed by atoms with E-state index < -0.39 is 0 Å². The Morgan fingerprint density at radius 3 is 2.76 bits per heavy atom. The van der Waals surface area contributed by atoms with Gasteiger partial charge in [0, 0.05) is 10.0 Å². The Hall–Kier alpha value is -1.89. The molecule has 0 saturated heterocycles. The summed E-state index contributed by atoms with van der Waals surface area (Å²) < 4.78 is 7.24. The van der Waals surface area contributed by atoms with Gasteiger partial charge in [-0.2, -0.15) is 5.10 Å². The van der Waals surface area contributed by atoms with Crippen LogP contribution in [0.5, 0.6) is 11.5 Å². The third kappa shape index (κ3) is 2.62. The first-order chi connectivity index (χ1) is 8.20. The van der Waals surface area contributed by atoms with Crippen LogP contribution in [0.3, 0.4) is 0 Å². The van der Waals surface area contributed by atoms with E-state index >= 15 is 0 Å². The Morgan fingerprint density at radius 1 is 1.41 bits per heavy atom. The Bertz CT molecular complexity index is 539. The number of halogens is 1. The van der Waals surface area contributed by atoms with Gasteiger partial charge in [-0.3, -0.25) is 0 Å². The highest BCUT2D eigenvalue weighted by atomic mass is 79.9. The molecule has 1 heterocycles. The molecule has 0 amide bonds. The van der Waals surface area contributed by atoms with Crippen LogP contribution < -0.4 is 4.74 Å². The molecular formula is C10H9BrN4O2. The number of aromatic nitrogens is 3. The minimum Gasteiger partial charge on any atom is -0.504 e. The van der Waals surface area contributed by atoms with E-state index in [1.807, 2.05) is 0 Å². The molecule has 2 aromatic rings. The van der Waals surface area contributed by atoms with Crippen molar-refractivity contribution in [1.29, 1.82) is 0 Å². The van der Waals surface area contributed by atoms with Gasteiger partial charge in [-0.05, 0) is 12.1 Å². The normalized spacial score (nSPS) is 10.9. The van der Waals surface area contributed by atoms with E-state index in [9.17, 15) is 5.11 Å². The molecule has 0 aliphatic carbocycles. The summed E-state index contributed by atoms with van der Waals surface area (Å²) in [5, 5.41) is 21.1. The fraction of sp³-hybridized carbons (Fsp3) is 0.100. The molecule has 0 spiro atoms. The van der Waals surface area contributed by atoms with Gasteiger partial charge in [0.15, 0.2) is 11.5 Å². The molecule has 1 aromatic heterocycles. The maximum Gasteiger partial charge on any atom is 0.166 e. The minimum atomic E-state index is 0.0347. The summed E-state index contributed by atoms with van der Waals surface area (Å²) in [6.07, 6.45) is 4.39. The Kier molecular flexibility index (Phi) is 3.38. The summed E-state index contributed by atoms with van der Waals surface area (Å²) in [7, 11) is 1.49. The van der Waals surface area contributed by atoms with Gasteiger partial charge in [-0.1, -0.05) is 15.9 Å². The predicted molar refractivity (Wildman–Crippen MR) is 65.4 cm³/mol. The van der Waals surface area contributed by atoms with E-state index in [-0.39, 0.29) is 5.75 Å². The zero-order valence-corrected chi connectivity index (χ0v) is 10.5. The molecule has 6 nitrogen and oxygen atoms in total. The molecule has 88 valence electrons. The van der Waals surface area contributed by atoms with E-state index in [0.29, 0.717) is 11.3 Å². The second kappa shape index (κ2) is 4.96. The van der Waals surface area contributed by atoms with E-state index in [0.717, 1.165) is 4.47 Å². The molecule has 17 heavy (non-hydrogen) atoms. The molecule has 0 atom stereocenters. The first-order valence-corrected chi connectivity index (χ1v) is 5.45. The van der Waals surface area contributed by atoms with Gasteiger partial charge in [-0.25, -0.2) is 4.68 Å². The fourth-order valence-electron chi connectivity index (χ4n) is 1.23. The van der Waals surface area contributed by atoms with E-state index in [2.05, 4.69) is 31.2 Å². The highest BCUT2D eigenvalue weighted by Gasteiger charge is 2.07. The van der Waals surface area contributed by atoms with Crippen molar-refractivity contribution in [2.45, 2.75) is 0 Å². The summed E-state index contributed by atoms with van der Waals surface area (Å²) in [5.74, 6) is 0.414. The monoisotopic (exact) mass is 296 g/mol. The SMILES string of the molecule is COc1cc(Br)cc(/C=N/n2cnnc2)c1O. The average Bonchev–Trinajstić information content (AvgIpc) is 2.82. The minimum absolute atomic E-state index is 0.0347. The molecule has 0 aliphatic rings. The highest BCUT2D eigenvalue weighted by molar-refractivity contribution is 9.10. The van der Waals surface area contributed by atoms with Crippen LogP contribution in [0.4, 0.5) is 0 Å². The van der Waals surface area contributed by atoms with Crippen LogP contribution in [-0.2, 0) is 0 Å². The summed E-state index contributed by atoms with van der Waals surface area (Å²) in [6.45, 7) is 0. The highest BCUT2D eigenvalue weighted by Crippen LogP contribution is 2.32. The van der Waals surface area contributed by atoms with Crippen LogP contribution in [0.1, 0.15) is 5.56 Å². The maximum atomic E-state index is 9.86. The topological polar surface area (TPSA) is 72.5 Å². The number of phenolic OH excluding ortho intramolecular Hbond substituents is 1. The van der Waals surface area contributed by atoms with Crippen molar-refractivity contribution in [1.82, 2.24) is 14.9 Å². The van der Waals surface area contributed by atoms with Crippen molar-refractivity contribution in [3.63, 3.8) is 0 Å². The quantitative estimate of drug-likeness (QED) is 0.874. The van der Waals surface area contributed by atoms with Crippen LogP contribution in [0.15, 0.2) is 34.4 Å². The summed E-state index contributed by atoms with van der Waals surface area (Å²) in [5.41, 5.74) is 0.532. The Labute approximate surface area is 106 Å². The summed E-state index contributed by atoms with van der Waals surface area (Å²) in [4.78, 5) is 0. The molecule has 0 aliphatic heterocycles. The standard InChI is InChI=1S/C10H9BrN4O2/c1-17-9-3-8(11)2-7(10(9)16)4-14-15-5-12-13-6-15/h2-6,16H,1H3/b14-4+. The number of nitrogens with zero attached hydrogens (tertiary/aromatic N) is 4. The van der Waals surface area contributed by atoms with Gasteiger partial charge in [-0.15, -0.1) is 10.2 Å². The van der Waals surface area contributed by atoms with Gasteiger partial charge in [0.1, 0.15) is 12.7 Å². The maximum absolute atomic E-state index is 9.86. The molecule has 0 saturated carbocycles. The van der Waals surface area contributed by atoms with Gasteiger partial charge < -0.3 is 9.84 Å². The summed E-state index contributed by atoms with van der Waals surface area (Å²) in [6, 6.07) is 3.40. The van der Waals surface area contributed by atoms with E-state index in [1.54, 1.807) is 12.1 Å². The molecule has 1 N–H and O–H groups in total. The molecule has 2 rings (SSSR count). The van der Waals surface area contributed by atoms with Crippen LogP contribution >= 0.6 is 15.9 Å². The van der Waals surface area contributed by atoms with Gasteiger partial charge in [0.2, 0.25) is 0 Å². The second-order valence-electron chi connectivity index (χ2n) is 3.13. The van der Waals surface area contributed by atoms with Crippen molar-refractivity contribution >= 4 is 22.1 Å². The lowest BCUT2D eigenvalue weighted by Crippen LogP contribution is -1.91. The lowest BCUT2D eigenvalue weighted by molar-refractivity contribution is 0.373. The van der Waals surface area contributed by atoms with Crippen LogP contribution in [0.2, 0.25) is 0 Å². The molecular weight excluding hydrogens is 288 g/mol. The number of rotatable bonds is 3. The number of ether oxygens (including phenoxy) is 1. The fourth-order valence-corrected chi connectivity index (χ4v) is 1.69. The van der Waals surface area contributed by atoms with Crippen molar-refractivity contribution in [2.24, 2.45) is 5.10 Å². The molecule has 0 bridgehead atoms. The Morgan fingerprint density at radius 2 is 2.12 bits per heavy atom. The smallest absolute Gasteiger partial charge is 0.166 e. The van der Waals surface area contributed by atoms with Crippen molar-refractivity contribution in [3.05, 3.63) is 34.8 Å². The van der Waals surface area contributed by atoms with E-state index in [4.69, 9.17) is 4.74 Å². The average molecular weight is 297 g/mol. The Balaban J connectivity index is 2.35. The third-order valence-corrected chi connectivity index (χ3v) is 2.48. The van der Waals surface area contributed by atoms with Gasteiger partial charge in [0.05, 0.1) is 13.3 Å². The zero-order valence-electron chi connectivity index (χ0n) is 8.91. The third-order valence-electron chi connectivity index (χ3n) is 2.03. The first kappa shape index (κ1) is 11.6. The first-order valence-electron chi connectivity index (χ1n) is 4.66. The lowest BCUT2D eigenvalue weighted by atomic mass is 10.2. The lowest BCUT2D eigenvalue weighted by Gasteiger charge is -2.06. The second-order valence-corrected chi connectivity index (χ2v) is 4.05. The van der Waals surface area contributed by atoms with Crippen LogP contribution in [0.25, 0.3) is 0 Å². The van der Waals surface area contributed by atoms with Gasteiger partial charge >= 0.3 is 0 Å². The number of methoxy groups -OCH3 is 1. The number of phenols is 1. The predicted octanol–water partition coefficient (Wildman–Crippen LogP) is 1.64.